The van der Waals surface area contributed by atoms with Crippen LogP contribution in [0.25, 0.3) is 0 Å². The van der Waals surface area contributed by atoms with E-state index >= 15 is 0 Å². The molecule has 0 radical (unpaired) electrons. The zero-order valence-corrected chi connectivity index (χ0v) is 21.2. The van der Waals surface area contributed by atoms with E-state index in [1.54, 1.807) is 7.11 Å². The third kappa shape index (κ3) is 14.5. The second kappa shape index (κ2) is 18.1. The highest BCUT2D eigenvalue weighted by Crippen LogP contribution is 2.39. The summed E-state index contributed by atoms with van der Waals surface area (Å²) in [5.41, 5.74) is 0. The lowest BCUT2D eigenvalue weighted by molar-refractivity contribution is -0.146. The number of carboxylic acids is 1. The van der Waals surface area contributed by atoms with E-state index in [4.69, 9.17) is 19.3 Å². The van der Waals surface area contributed by atoms with E-state index in [1.165, 1.54) is 19.1 Å². The molecule has 1 rings (SSSR count). The molecule has 1 heterocycles. The van der Waals surface area contributed by atoms with Crippen LogP contribution in [0.15, 0.2) is 0 Å². The normalized spacial score (nSPS) is 17.3. The van der Waals surface area contributed by atoms with E-state index in [9.17, 15) is 19.2 Å². The van der Waals surface area contributed by atoms with Gasteiger partial charge < -0.3 is 24.6 Å². The Morgan fingerprint density at radius 1 is 1.09 bits per heavy atom. The van der Waals surface area contributed by atoms with Crippen molar-refractivity contribution in [3.8, 4) is 0 Å². The summed E-state index contributed by atoms with van der Waals surface area (Å²) in [6.07, 6.45) is 4.04. The molecule has 0 spiro atoms. The highest BCUT2D eigenvalue weighted by molar-refractivity contribution is 8.77. The molecule has 0 aromatic heterocycles. The number of carbonyl (C=O) groups excluding carboxylic acids is 3. The number of esters is 1. The van der Waals surface area contributed by atoms with Crippen LogP contribution in [-0.4, -0.2) is 79.3 Å². The fourth-order valence-electron chi connectivity index (χ4n) is 3.13. The molecule has 1 aliphatic heterocycles. The molecule has 2 N–H and O–H groups in total. The number of hydrogen-bond acceptors (Lipinski definition) is 9. The van der Waals surface area contributed by atoms with E-state index in [1.807, 2.05) is 21.6 Å². The van der Waals surface area contributed by atoms with Crippen molar-refractivity contribution < 1.29 is 38.5 Å². The van der Waals surface area contributed by atoms with E-state index in [0.29, 0.717) is 24.9 Å². The average Bonchev–Trinajstić information content (AvgIpc) is 3.30. The standard InChI is InChI=1S/C22H37NO8S2/c1-16(22(27)28)15-19(24)18(7-8-21(26)31-13-12-30-11-10-29-2)23-20(25)6-4-3-5-17-9-14-32-33-17/h16-18H,3-15H2,1-2H3,(H,23,25)(H,27,28)/t16?,17-,18?/m1/s1. The van der Waals surface area contributed by atoms with Crippen LogP contribution in [0, 0.1) is 5.92 Å². The monoisotopic (exact) mass is 507 g/mol. The first-order chi connectivity index (χ1) is 15.8. The maximum absolute atomic E-state index is 12.6. The van der Waals surface area contributed by atoms with Gasteiger partial charge in [0.2, 0.25) is 5.91 Å². The molecule has 0 aromatic carbocycles. The molecule has 9 nitrogen and oxygen atoms in total. The van der Waals surface area contributed by atoms with Gasteiger partial charge in [-0.25, -0.2) is 0 Å². The molecule has 190 valence electrons. The number of Topliss-reactive ketones (excluding diaryl/α,β-unsaturated/α-hetero) is 1. The molecule has 1 saturated heterocycles. The number of ether oxygens (including phenoxy) is 3. The summed E-state index contributed by atoms with van der Waals surface area (Å²) in [4.78, 5) is 48.1. The molecule has 1 fully saturated rings. The van der Waals surface area contributed by atoms with Gasteiger partial charge in [0.25, 0.3) is 0 Å². The minimum Gasteiger partial charge on any atom is -0.481 e. The number of unbranched alkanes of at least 4 members (excludes halogenated alkanes) is 1. The van der Waals surface area contributed by atoms with Crippen molar-refractivity contribution in [3.63, 3.8) is 0 Å². The number of ketones is 1. The number of aliphatic carboxylic acids is 1. The zero-order valence-electron chi connectivity index (χ0n) is 19.5. The molecule has 0 aliphatic carbocycles. The molecule has 0 saturated carbocycles. The van der Waals surface area contributed by atoms with E-state index < -0.39 is 29.7 Å². The van der Waals surface area contributed by atoms with Gasteiger partial charge in [-0.2, -0.15) is 0 Å². The largest absolute Gasteiger partial charge is 0.481 e. The maximum atomic E-state index is 12.6. The van der Waals surface area contributed by atoms with Gasteiger partial charge in [0.1, 0.15) is 6.61 Å². The molecular weight excluding hydrogens is 470 g/mol. The lowest BCUT2D eigenvalue weighted by Crippen LogP contribution is -2.42. The van der Waals surface area contributed by atoms with E-state index in [2.05, 4.69) is 5.32 Å². The van der Waals surface area contributed by atoms with Crippen molar-refractivity contribution in [1.82, 2.24) is 5.32 Å². The van der Waals surface area contributed by atoms with Crippen LogP contribution in [0.3, 0.4) is 0 Å². The Morgan fingerprint density at radius 2 is 1.85 bits per heavy atom. The first-order valence-electron chi connectivity index (χ1n) is 11.4. The summed E-state index contributed by atoms with van der Waals surface area (Å²) >= 11 is 0. The number of rotatable bonds is 19. The first-order valence-corrected chi connectivity index (χ1v) is 13.8. The van der Waals surface area contributed by atoms with Gasteiger partial charge in [0.05, 0.1) is 31.8 Å². The maximum Gasteiger partial charge on any atom is 0.306 e. The molecule has 3 atom stereocenters. The number of amides is 1. The minimum absolute atomic E-state index is 0.0627. The summed E-state index contributed by atoms with van der Waals surface area (Å²) in [6, 6.07) is -0.911. The molecule has 11 heteroatoms. The number of carboxylic acid groups (broad SMARTS) is 1. The van der Waals surface area contributed by atoms with Gasteiger partial charge in [0, 0.05) is 37.4 Å². The molecule has 1 aliphatic rings. The molecule has 0 bridgehead atoms. The Bertz CT molecular complexity index is 613. The van der Waals surface area contributed by atoms with Gasteiger partial charge in [-0.15, -0.1) is 0 Å². The quantitative estimate of drug-likeness (QED) is 0.153. The summed E-state index contributed by atoms with van der Waals surface area (Å²) in [6.45, 7) is 2.61. The van der Waals surface area contributed by atoms with Crippen LogP contribution in [0.4, 0.5) is 0 Å². The average molecular weight is 508 g/mol. The smallest absolute Gasteiger partial charge is 0.306 e. The van der Waals surface area contributed by atoms with Crippen LogP contribution >= 0.6 is 21.6 Å². The number of nitrogens with one attached hydrogen (secondary N) is 1. The molecule has 0 aromatic rings. The first kappa shape index (κ1) is 29.7. The molecule has 2 unspecified atom stereocenters. The second-order valence-electron chi connectivity index (χ2n) is 7.97. The topological polar surface area (TPSA) is 128 Å². The van der Waals surface area contributed by atoms with Crippen molar-refractivity contribution in [2.24, 2.45) is 5.92 Å². The highest BCUT2D eigenvalue weighted by atomic mass is 33.1. The fourth-order valence-corrected chi connectivity index (χ4v) is 6.15. The molecule has 1 amide bonds. The number of carbonyl (C=O) groups is 4. The highest BCUT2D eigenvalue weighted by Gasteiger charge is 2.26. The van der Waals surface area contributed by atoms with Crippen molar-refractivity contribution in [3.05, 3.63) is 0 Å². The molecular formula is C22H37NO8S2. The van der Waals surface area contributed by atoms with E-state index in [0.717, 1.165) is 19.3 Å². The Labute approximate surface area is 203 Å². The Balaban J connectivity index is 2.42. The van der Waals surface area contributed by atoms with Crippen LogP contribution in [0.2, 0.25) is 0 Å². The lowest BCUT2D eigenvalue weighted by atomic mass is 9.97. The van der Waals surface area contributed by atoms with Crippen molar-refractivity contribution in [1.29, 1.82) is 0 Å². The van der Waals surface area contributed by atoms with Crippen LogP contribution < -0.4 is 5.32 Å². The summed E-state index contributed by atoms with van der Waals surface area (Å²) in [7, 11) is 5.36. The van der Waals surface area contributed by atoms with Crippen LogP contribution in [0.5, 0.6) is 0 Å². The number of hydrogen-bond donors (Lipinski definition) is 2. The van der Waals surface area contributed by atoms with Crippen molar-refractivity contribution in [2.75, 3.05) is 39.3 Å². The third-order valence-corrected chi connectivity index (χ3v) is 8.13. The number of methoxy groups -OCH3 is 1. The van der Waals surface area contributed by atoms with Gasteiger partial charge in [-0.1, -0.05) is 34.9 Å². The SMILES string of the molecule is COCCOCCOC(=O)CCC(NC(=O)CCCC[C@@H]1CCSS1)C(=O)CC(C)C(=O)O. The van der Waals surface area contributed by atoms with Gasteiger partial charge >= 0.3 is 11.9 Å². The van der Waals surface area contributed by atoms with E-state index in [-0.39, 0.29) is 38.4 Å². The second-order valence-corrected chi connectivity index (χ2v) is 10.8. The van der Waals surface area contributed by atoms with Crippen LogP contribution in [0.1, 0.15) is 58.3 Å². The fraction of sp³-hybridized carbons (Fsp3) is 0.818. The van der Waals surface area contributed by atoms with Crippen LogP contribution in [-0.2, 0) is 33.4 Å². The van der Waals surface area contributed by atoms with Gasteiger partial charge in [-0.05, 0) is 25.7 Å². The summed E-state index contributed by atoms with van der Waals surface area (Å²) < 4.78 is 15.1. The molecule has 33 heavy (non-hydrogen) atoms. The van der Waals surface area contributed by atoms with Gasteiger partial charge in [-0.3, -0.25) is 19.2 Å². The summed E-state index contributed by atoms with van der Waals surface area (Å²) in [5.74, 6) is -1.93. The predicted molar refractivity (Wildman–Crippen MR) is 128 cm³/mol. The van der Waals surface area contributed by atoms with Crippen molar-refractivity contribution in [2.45, 2.75) is 69.6 Å². The zero-order chi connectivity index (χ0) is 24.5. The Hall–Kier alpha value is -1.30. The Kier molecular flexibility index (Phi) is 16.3. The van der Waals surface area contributed by atoms with Gasteiger partial charge in [0.15, 0.2) is 5.78 Å². The predicted octanol–water partition coefficient (Wildman–Crippen LogP) is 2.85. The summed E-state index contributed by atoms with van der Waals surface area (Å²) in [5, 5.41) is 12.4. The van der Waals surface area contributed by atoms with Crippen molar-refractivity contribution >= 4 is 45.2 Å². The third-order valence-electron chi connectivity index (χ3n) is 5.12. The Morgan fingerprint density at radius 3 is 2.52 bits per heavy atom. The minimum atomic E-state index is -1.08. The lowest BCUT2D eigenvalue weighted by Gasteiger charge is -2.19.